The summed E-state index contributed by atoms with van der Waals surface area (Å²) in [5.74, 6) is -0.222. The Kier molecular flexibility index (Phi) is 3.69. The lowest BCUT2D eigenvalue weighted by Crippen LogP contribution is -2.40. The molecule has 84 valence electrons. The summed E-state index contributed by atoms with van der Waals surface area (Å²) in [6, 6.07) is 6.52. The summed E-state index contributed by atoms with van der Waals surface area (Å²) < 4.78 is 12.7. The monoisotopic (exact) mass is 210 g/mol. The lowest BCUT2D eigenvalue weighted by atomic mass is 9.86. The molecule has 0 amide bonds. The molecule has 15 heavy (non-hydrogen) atoms. The summed E-state index contributed by atoms with van der Waals surface area (Å²) in [4.78, 5) is 0. The van der Waals surface area contributed by atoms with Crippen LogP contribution in [0.3, 0.4) is 0 Å². The van der Waals surface area contributed by atoms with Crippen molar-refractivity contribution in [2.45, 2.75) is 26.8 Å². The number of hydrogen-bond donors (Lipinski definition) is 2. The van der Waals surface area contributed by atoms with Gasteiger partial charge in [-0.25, -0.2) is 4.39 Å². The van der Waals surface area contributed by atoms with E-state index >= 15 is 0 Å². The molecular weight excluding hydrogens is 191 g/mol. The number of nitrogens with one attached hydrogen (secondary N) is 1. The first-order valence-electron chi connectivity index (χ1n) is 5.15. The maximum Gasteiger partial charge on any atom is 0.123 e. The van der Waals surface area contributed by atoms with E-state index in [0.29, 0.717) is 6.54 Å². The maximum atomic E-state index is 12.7. The van der Waals surface area contributed by atoms with Crippen molar-refractivity contribution in [2.24, 2.45) is 11.1 Å². The summed E-state index contributed by atoms with van der Waals surface area (Å²) in [5.41, 5.74) is 6.69. The van der Waals surface area contributed by atoms with E-state index in [2.05, 4.69) is 26.1 Å². The van der Waals surface area contributed by atoms with Gasteiger partial charge >= 0.3 is 0 Å². The van der Waals surface area contributed by atoms with Crippen LogP contribution >= 0.6 is 0 Å². The number of rotatable bonds is 3. The van der Waals surface area contributed by atoms with E-state index in [9.17, 15) is 4.39 Å². The van der Waals surface area contributed by atoms with Gasteiger partial charge in [-0.2, -0.15) is 0 Å². The van der Waals surface area contributed by atoms with E-state index in [1.807, 2.05) is 0 Å². The summed E-state index contributed by atoms with van der Waals surface area (Å²) in [6.45, 7) is 6.93. The van der Waals surface area contributed by atoms with Gasteiger partial charge in [0.25, 0.3) is 0 Å². The largest absolute Gasteiger partial charge is 0.381 e. The van der Waals surface area contributed by atoms with Crippen LogP contribution in [0.5, 0.6) is 0 Å². The molecule has 0 saturated heterocycles. The predicted octanol–water partition coefficient (Wildman–Crippen LogP) is 2.61. The lowest BCUT2D eigenvalue weighted by molar-refractivity contribution is 0.346. The summed E-state index contributed by atoms with van der Waals surface area (Å²) in [7, 11) is 0. The highest BCUT2D eigenvalue weighted by Gasteiger charge is 2.22. The summed E-state index contributed by atoms with van der Waals surface area (Å²) in [5, 5.41) is 3.30. The molecule has 1 unspecified atom stereocenters. The summed E-state index contributed by atoms with van der Waals surface area (Å²) >= 11 is 0. The number of hydrogen-bond acceptors (Lipinski definition) is 2. The molecule has 0 radical (unpaired) electrons. The van der Waals surface area contributed by atoms with E-state index in [-0.39, 0.29) is 17.3 Å². The first-order chi connectivity index (χ1) is 6.93. The van der Waals surface area contributed by atoms with Crippen LogP contribution in [0.1, 0.15) is 20.8 Å². The Bertz CT molecular complexity index is 300. The predicted molar refractivity (Wildman–Crippen MR) is 62.3 cm³/mol. The van der Waals surface area contributed by atoms with Gasteiger partial charge in [-0.3, -0.25) is 0 Å². The molecule has 2 nitrogen and oxygen atoms in total. The first-order valence-corrected chi connectivity index (χ1v) is 5.15. The smallest absolute Gasteiger partial charge is 0.123 e. The van der Waals surface area contributed by atoms with E-state index in [1.165, 1.54) is 12.1 Å². The fourth-order valence-corrected chi connectivity index (χ4v) is 1.38. The normalized spacial score (nSPS) is 13.7. The molecule has 1 aromatic carbocycles. The van der Waals surface area contributed by atoms with E-state index in [4.69, 9.17) is 5.73 Å². The second-order valence-corrected chi connectivity index (χ2v) is 4.81. The molecule has 0 aliphatic carbocycles. The van der Waals surface area contributed by atoms with Crippen molar-refractivity contribution in [3.8, 4) is 0 Å². The molecule has 3 N–H and O–H groups in total. The van der Waals surface area contributed by atoms with Crippen LogP contribution in [0.25, 0.3) is 0 Å². The lowest BCUT2D eigenvalue weighted by Gasteiger charge is -2.31. The SMILES string of the molecule is CC(C)(C)C(CN)Nc1ccc(F)cc1. The third-order valence-corrected chi connectivity index (χ3v) is 2.47. The van der Waals surface area contributed by atoms with Crippen molar-refractivity contribution in [3.05, 3.63) is 30.1 Å². The Labute approximate surface area is 90.7 Å². The zero-order chi connectivity index (χ0) is 11.5. The van der Waals surface area contributed by atoms with Crippen molar-refractivity contribution in [1.82, 2.24) is 0 Å². The number of halogens is 1. The quantitative estimate of drug-likeness (QED) is 0.804. The number of anilines is 1. The molecule has 1 aromatic rings. The highest BCUT2D eigenvalue weighted by Crippen LogP contribution is 2.22. The molecule has 3 heteroatoms. The van der Waals surface area contributed by atoms with Crippen molar-refractivity contribution < 1.29 is 4.39 Å². The van der Waals surface area contributed by atoms with Crippen LogP contribution in [0.15, 0.2) is 24.3 Å². The molecule has 0 aliphatic heterocycles. The van der Waals surface area contributed by atoms with Gasteiger partial charge in [0.1, 0.15) is 5.82 Å². The van der Waals surface area contributed by atoms with Crippen molar-refractivity contribution >= 4 is 5.69 Å². The molecule has 0 fully saturated rings. The molecule has 0 aromatic heterocycles. The van der Waals surface area contributed by atoms with Gasteiger partial charge in [-0.1, -0.05) is 20.8 Å². The van der Waals surface area contributed by atoms with Crippen LogP contribution in [0.2, 0.25) is 0 Å². The third-order valence-electron chi connectivity index (χ3n) is 2.47. The van der Waals surface area contributed by atoms with Crippen LogP contribution in [0.4, 0.5) is 10.1 Å². The number of nitrogens with two attached hydrogens (primary N) is 1. The van der Waals surface area contributed by atoms with E-state index < -0.39 is 0 Å². The minimum absolute atomic E-state index is 0.0864. The molecule has 1 atom stereocenters. The Balaban J connectivity index is 2.71. The van der Waals surface area contributed by atoms with Gasteiger partial charge in [0.15, 0.2) is 0 Å². The Morgan fingerprint density at radius 1 is 1.27 bits per heavy atom. The van der Waals surface area contributed by atoms with Crippen LogP contribution in [-0.4, -0.2) is 12.6 Å². The van der Waals surface area contributed by atoms with Crippen molar-refractivity contribution in [2.75, 3.05) is 11.9 Å². The van der Waals surface area contributed by atoms with Gasteiger partial charge < -0.3 is 11.1 Å². The second kappa shape index (κ2) is 4.62. The van der Waals surface area contributed by atoms with E-state index in [0.717, 1.165) is 5.69 Å². The second-order valence-electron chi connectivity index (χ2n) is 4.81. The molecule has 0 aliphatic rings. The fourth-order valence-electron chi connectivity index (χ4n) is 1.38. The molecule has 0 saturated carbocycles. The number of benzene rings is 1. The zero-order valence-electron chi connectivity index (χ0n) is 9.55. The Hall–Kier alpha value is -1.09. The Morgan fingerprint density at radius 3 is 2.20 bits per heavy atom. The Morgan fingerprint density at radius 2 is 1.80 bits per heavy atom. The van der Waals surface area contributed by atoms with Crippen LogP contribution in [0, 0.1) is 11.2 Å². The standard InChI is InChI=1S/C12H19FN2/c1-12(2,3)11(8-14)15-10-6-4-9(13)5-7-10/h4-7,11,15H,8,14H2,1-3H3. The average Bonchev–Trinajstić information content (AvgIpc) is 2.15. The van der Waals surface area contributed by atoms with Gasteiger partial charge in [-0.15, -0.1) is 0 Å². The average molecular weight is 210 g/mol. The van der Waals surface area contributed by atoms with Crippen LogP contribution < -0.4 is 11.1 Å². The van der Waals surface area contributed by atoms with Crippen molar-refractivity contribution in [1.29, 1.82) is 0 Å². The molecule has 1 rings (SSSR count). The van der Waals surface area contributed by atoms with Gasteiger partial charge in [0.2, 0.25) is 0 Å². The highest BCUT2D eigenvalue weighted by atomic mass is 19.1. The maximum absolute atomic E-state index is 12.7. The van der Waals surface area contributed by atoms with Gasteiger partial charge in [0, 0.05) is 18.3 Å². The first kappa shape index (κ1) is 12.0. The van der Waals surface area contributed by atoms with E-state index in [1.54, 1.807) is 12.1 Å². The zero-order valence-corrected chi connectivity index (χ0v) is 9.55. The third kappa shape index (κ3) is 3.51. The summed E-state index contributed by atoms with van der Waals surface area (Å²) in [6.07, 6.45) is 0. The minimum atomic E-state index is -0.222. The van der Waals surface area contributed by atoms with Gasteiger partial charge in [0.05, 0.1) is 0 Å². The fraction of sp³-hybridized carbons (Fsp3) is 0.500. The topological polar surface area (TPSA) is 38.0 Å². The van der Waals surface area contributed by atoms with Crippen LogP contribution in [-0.2, 0) is 0 Å². The minimum Gasteiger partial charge on any atom is -0.381 e. The van der Waals surface area contributed by atoms with Crippen molar-refractivity contribution in [3.63, 3.8) is 0 Å². The van der Waals surface area contributed by atoms with Gasteiger partial charge in [-0.05, 0) is 29.7 Å². The molecule has 0 heterocycles. The molecule has 0 spiro atoms. The highest BCUT2D eigenvalue weighted by molar-refractivity contribution is 5.44. The molecule has 0 bridgehead atoms. The molecular formula is C12H19FN2.